The van der Waals surface area contributed by atoms with Gasteiger partial charge in [0.1, 0.15) is 0 Å². The zero-order valence-corrected chi connectivity index (χ0v) is 47.7. The van der Waals surface area contributed by atoms with Gasteiger partial charge >= 0.3 is 5.97 Å². The predicted molar refractivity (Wildman–Crippen MR) is 310 cm³/mol. The molecular weight excluding hydrogens is 875 g/mol. The van der Waals surface area contributed by atoms with Crippen LogP contribution in [0, 0.1) is 0 Å². The van der Waals surface area contributed by atoms with Crippen LogP contribution in [0.1, 0.15) is 341 Å². The van der Waals surface area contributed by atoms with E-state index in [9.17, 15) is 19.8 Å². The number of carbonyl (C=O) groups excluding carboxylic acids is 2. The Kier molecular flexibility index (Phi) is 59.0. The van der Waals surface area contributed by atoms with E-state index in [-0.39, 0.29) is 18.5 Å². The van der Waals surface area contributed by atoms with Crippen LogP contribution in [0.2, 0.25) is 0 Å². The molecule has 0 bridgehead atoms. The molecule has 0 radical (unpaired) electrons. The minimum Gasteiger partial charge on any atom is -0.466 e. The number of esters is 1. The number of ether oxygens (including phenoxy) is 1. The van der Waals surface area contributed by atoms with Crippen molar-refractivity contribution >= 4 is 11.9 Å². The van der Waals surface area contributed by atoms with Gasteiger partial charge in [-0.2, -0.15) is 0 Å². The van der Waals surface area contributed by atoms with Crippen molar-refractivity contribution in [2.75, 3.05) is 13.2 Å². The Morgan fingerprint density at radius 1 is 0.394 bits per heavy atom. The minimum atomic E-state index is -0.663. The molecular formula is C65H123NO5. The molecule has 3 N–H and O–H groups in total. The highest BCUT2D eigenvalue weighted by molar-refractivity contribution is 5.76. The lowest BCUT2D eigenvalue weighted by Gasteiger charge is -2.22. The first-order valence-corrected chi connectivity index (χ1v) is 31.7. The Balaban J connectivity index is 3.39. The van der Waals surface area contributed by atoms with Crippen molar-refractivity contribution in [3.8, 4) is 0 Å². The zero-order valence-electron chi connectivity index (χ0n) is 47.7. The normalized spacial score (nSPS) is 12.8. The lowest BCUT2D eigenvalue weighted by molar-refractivity contribution is -0.143. The molecule has 1 amide bonds. The minimum absolute atomic E-state index is 0.00340. The number of allylic oxidation sites excluding steroid dienone is 6. The first-order valence-electron chi connectivity index (χ1n) is 31.7. The number of nitrogens with one attached hydrogen (secondary N) is 1. The molecule has 0 heterocycles. The van der Waals surface area contributed by atoms with Crippen molar-refractivity contribution in [1.82, 2.24) is 5.32 Å². The van der Waals surface area contributed by atoms with Gasteiger partial charge in [-0.1, -0.05) is 281 Å². The molecule has 0 spiro atoms. The molecule has 0 saturated carbocycles. The van der Waals surface area contributed by atoms with E-state index >= 15 is 0 Å². The predicted octanol–water partition coefficient (Wildman–Crippen LogP) is 20.0. The van der Waals surface area contributed by atoms with E-state index < -0.39 is 12.1 Å². The fourth-order valence-corrected chi connectivity index (χ4v) is 9.78. The first kappa shape index (κ1) is 69.1. The third kappa shape index (κ3) is 57.2. The Morgan fingerprint density at radius 3 is 1.08 bits per heavy atom. The Bertz CT molecular complexity index is 1150. The number of carbonyl (C=O) groups is 2. The van der Waals surface area contributed by atoms with Crippen molar-refractivity contribution < 1.29 is 24.5 Å². The number of aliphatic hydroxyl groups is 2. The Morgan fingerprint density at radius 2 is 0.704 bits per heavy atom. The highest BCUT2D eigenvalue weighted by Crippen LogP contribution is 2.17. The lowest BCUT2D eigenvalue weighted by Crippen LogP contribution is -2.45. The summed E-state index contributed by atoms with van der Waals surface area (Å²) in [5.41, 5.74) is 0. The first-order chi connectivity index (χ1) is 35.0. The van der Waals surface area contributed by atoms with E-state index in [0.717, 1.165) is 51.4 Å². The molecule has 2 unspecified atom stereocenters. The summed E-state index contributed by atoms with van der Waals surface area (Å²) in [7, 11) is 0. The van der Waals surface area contributed by atoms with Crippen LogP contribution in [-0.4, -0.2) is 47.4 Å². The van der Waals surface area contributed by atoms with Gasteiger partial charge in [-0.15, -0.1) is 0 Å². The maximum atomic E-state index is 12.4. The number of aliphatic hydroxyl groups excluding tert-OH is 2. The summed E-state index contributed by atoms with van der Waals surface area (Å²) >= 11 is 0. The largest absolute Gasteiger partial charge is 0.466 e. The van der Waals surface area contributed by atoms with Crippen molar-refractivity contribution in [2.45, 2.75) is 353 Å². The van der Waals surface area contributed by atoms with Gasteiger partial charge in [0, 0.05) is 12.8 Å². The molecule has 0 aliphatic carbocycles. The molecule has 0 aromatic heterocycles. The second kappa shape index (κ2) is 60.6. The third-order valence-corrected chi connectivity index (χ3v) is 14.7. The molecule has 0 aliphatic rings. The maximum absolute atomic E-state index is 12.4. The van der Waals surface area contributed by atoms with E-state index in [1.807, 2.05) is 0 Å². The Hall–Kier alpha value is -1.92. The van der Waals surface area contributed by atoms with Crippen LogP contribution < -0.4 is 5.32 Å². The number of hydrogen-bond donors (Lipinski definition) is 3. The van der Waals surface area contributed by atoms with E-state index in [2.05, 4.69) is 55.6 Å². The zero-order chi connectivity index (χ0) is 51.4. The van der Waals surface area contributed by atoms with Crippen LogP contribution in [0.5, 0.6) is 0 Å². The van der Waals surface area contributed by atoms with Gasteiger partial charge < -0.3 is 20.3 Å². The second-order valence-corrected chi connectivity index (χ2v) is 21.7. The van der Waals surface area contributed by atoms with E-state index in [0.29, 0.717) is 25.9 Å². The summed E-state index contributed by atoms with van der Waals surface area (Å²) in [6.07, 6.45) is 76.0. The van der Waals surface area contributed by atoms with Gasteiger partial charge in [-0.3, -0.25) is 9.59 Å². The molecule has 71 heavy (non-hydrogen) atoms. The van der Waals surface area contributed by atoms with Crippen LogP contribution in [0.15, 0.2) is 36.5 Å². The smallest absolute Gasteiger partial charge is 0.305 e. The SMILES string of the molecule is CCCCCCC/C=C\CCCCCCCC(=O)OCCCCCCCCCCC/C=C\C/C=C\CCCCCCCCCCCCCCCC(=O)NC(CO)C(O)CCCCCCCCCCCCC. The number of rotatable bonds is 59. The molecule has 0 aromatic rings. The molecule has 0 saturated heterocycles. The van der Waals surface area contributed by atoms with E-state index in [1.54, 1.807) is 0 Å². The number of amides is 1. The summed E-state index contributed by atoms with van der Waals surface area (Å²) in [5, 5.41) is 23.2. The fraction of sp³-hybridized carbons (Fsp3) is 0.877. The third-order valence-electron chi connectivity index (χ3n) is 14.7. The summed E-state index contributed by atoms with van der Waals surface area (Å²) in [6, 6.07) is -0.541. The highest BCUT2D eigenvalue weighted by Gasteiger charge is 2.20. The molecule has 2 atom stereocenters. The molecule has 0 aliphatic heterocycles. The lowest BCUT2D eigenvalue weighted by atomic mass is 10.0. The van der Waals surface area contributed by atoms with Crippen LogP contribution in [0.3, 0.4) is 0 Å². The van der Waals surface area contributed by atoms with Gasteiger partial charge in [0.2, 0.25) is 5.91 Å². The monoisotopic (exact) mass is 998 g/mol. The van der Waals surface area contributed by atoms with E-state index in [4.69, 9.17) is 4.74 Å². The van der Waals surface area contributed by atoms with Gasteiger partial charge in [-0.25, -0.2) is 0 Å². The average Bonchev–Trinajstić information content (AvgIpc) is 3.37. The fourth-order valence-electron chi connectivity index (χ4n) is 9.78. The maximum Gasteiger partial charge on any atom is 0.305 e. The molecule has 0 rings (SSSR count). The summed E-state index contributed by atoms with van der Waals surface area (Å²) in [5.74, 6) is -0.0329. The van der Waals surface area contributed by atoms with Gasteiger partial charge in [0.05, 0.1) is 25.4 Å². The van der Waals surface area contributed by atoms with Crippen molar-refractivity contribution in [3.05, 3.63) is 36.5 Å². The van der Waals surface area contributed by atoms with Crippen LogP contribution in [0.25, 0.3) is 0 Å². The van der Waals surface area contributed by atoms with Crippen molar-refractivity contribution in [3.63, 3.8) is 0 Å². The van der Waals surface area contributed by atoms with Crippen LogP contribution in [-0.2, 0) is 14.3 Å². The average molecular weight is 999 g/mol. The quantitative estimate of drug-likeness (QED) is 0.0321. The molecule has 6 nitrogen and oxygen atoms in total. The highest BCUT2D eigenvalue weighted by atomic mass is 16.5. The van der Waals surface area contributed by atoms with Gasteiger partial charge in [-0.05, 0) is 83.5 Å². The van der Waals surface area contributed by atoms with Crippen molar-refractivity contribution in [2.24, 2.45) is 0 Å². The second-order valence-electron chi connectivity index (χ2n) is 21.7. The standard InChI is InChI=1S/C65H123NO5/c1-3-5-7-9-11-13-15-16-35-39-43-47-51-55-59-65(70)71-60-56-52-48-44-40-36-33-31-29-27-25-23-21-19-17-18-20-22-24-26-28-30-32-34-38-42-46-50-54-58-64(69)66-62(61-67)63(68)57-53-49-45-41-37-14-12-10-8-6-4-2/h15-17,19,23,25,62-63,67-68H,3-14,18,20-22,24,26-61H2,1-2H3,(H,66,69)/b16-15-,19-17-,25-23-. The summed E-state index contributed by atoms with van der Waals surface area (Å²) in [4.78, 5) is 24.5. The van der Waals surface area contributed by atoms with Gasteiger partial charge in [0.15, 0.2) is 0 Å². The molecule has 0 fully saturated rings. The van der Waals surface area contributed by atoms with Crippen LogP contribution in [0.4, 0.5) is 0 Å². The van der Waals surface area contributed by atoms with Crippen LogP contribution >= 0.6 is 0 Å². The topological polar surface area (TPSA) is 95.9 Å². The molecule has 0 aromatic carbocycles. The number of hydrogen-bond acceptors (Lipinski definition) is 5. The Labute approximate surface area is 443 Å². The summed E-state index contributed by atoms with van der Waals surface area (Å²) in [6.45, 7) is 4.94. The number of unbranched alkanes of at least 4 members (excludes halogenated alkanes) is 42. The van der Waals surface area contributed by atoms with Gasteiger partial charge in [0.25, 0.3) is 0 Å². The summed E-state index contributed by atoms with van der Waals surface area (Å²) < 4.78 is 5.47. The van der Waals surface area contributed by atoms with E-state index in [1.165, 1.54) is 257 Å². The van der Waals surface area contributed by atoms with Crippen molar-refractivity contribution in [1.29, 1.82) is 0 Å². The molecule has 6 heteroatoms. The molecule has 418 valence electrons.